The molecule has 0 heterocycles. The van der Waals surface area contributed by atoms with Crippen LogP contribution in [0.25, 0.3) is 0 Å². The Morgan fingerprint density at radius 1 is 1.31 bits per heavy atom. The first-order chi connectivity index (χ1) is 5.61. The zero-order chi connectivity index (χ0) is 10.9. The second kappa shape index (κ2) is 3.49. The highest BCUT2D eigenvalue weighted by atomic mass is 19.4. The molecule has 0 aliphatic heterocycles. The Kier molecular flexibility index (Phi) is 3.26. The molecule has 0 radical (unpaired) electrons. The zero-order valence-corrected chi connectivity index (χ0v) is 6.85. The molecule has 0 aromatic heterocycles. The van der Waals surface area contributed by atoms with Crippen molar-refractivity contribution < 1.29 is 32.2 Å². The van der Waals surface area contributed by atoms with Gasteiger partial charge in [0.2, 0.25) is 0 Å². The third-order valence-corrected chi connectivity index (χ3v) is 1.04. The van der Waals surface area contributed by atoms with E-state index in [1.165, 1.54) is 0 Å². The van der Waals surface area contributed by atoms with Crippen LogP contribution in [0.1, 0.15) is 13.8 Å². The molecule has 0 bridgehead atoms. The summed E-state index contributed by atoms with van der Waals surface area (Å²) in [7, 11) is 0. The topological polar surface area (TPSA) is 46.5 Å². The number of carboxylic acids is 1. The van der Waals surface area contributed by atoms with Gasteiger partial charge in [-0.25, -0.2) is 4.79 Å². The number of carbonyl (C=O) groups is 1. The van der Waals surface area contributed by atoms with Crippen LogP contribution < -0.4 is 0 Å². The molecule has 7 heteroatoms. The maximum atomic E-state index is 12.7. The minimum Gasteiger partial charge on any atom is -0.477 e. The summed E-state index contributed by atoms with van der Waals surface area (Å²) in [6.07, 6.45) is -6.76. The summed E-state index contributed by atoms with van der Waals surface area (Å²) >= 11 is 0. The molecule has 0 spiro atoms. The number of hydrogen-bond donors (Lipinski definition) is 1. The highest BCUT2D eigenvalue weighted by molar-refractivity contribution is 5.76. The maximum Gasteiger partial charge on any atom is 0.460 e. The van der Waals surface area contributed by atoms with Crippen LogP contribution in [0.3, 0.4) is 0 Å². The number of rotatable bonds is 3. The summed E-state index contributed by atoms with van der Waals surface area (Å²) in [4.78, 5) is 9.98. The van der Waals surface area contributed by atoms with Crippen molar-refractivity contribution in [2.45, 2.75) is 32.0 Å². The van der Waals surface area contributed by atoms with E-state index in [0.717, 1.165) is 13.8 Å². The van der Waals surface area contributed by atoms with E-state index in [1.54, 1.807) is 0 Å². The zero-order valence-electron chi connectivity index (χ0n) is 6.85. The molecule has 0 fully saturated rings. The normalized spacial score (nSPS) is 17.2. The van der Waals surface area contributed by atoms with Crippen LogP contribution in [0.5, 0.6) is 0 Å². The Morgan fingerprint density at radius 3 is 1.77 bits per heavy atom. The molecule has 3 nitrogen and oxygen atoms in total. The first kappa shape index (κ1) is 12.2. The fourth-order valence-electron chi connectivity index (χ4n) is 0.563. The molecule has 0 saturated heterocycles. The van der Waals surface area contributed by atoms with Gasteiger partial charge in [-0.05, 0) is 13.8 Å². The quantitative estimate of drug-likeness (QED) is 0.712. The molecule has 0 aromatic rings. The second-order valence-corrected chi connectivity index (χ2v) is 2.56. The van der Waals surface area contributed by atoms with Crippen LogP contribution >= 0.6 is 0 Å². The van der Waals surface area contributed by atoms with Crippen LogP contribution in [0.15, 0.2) is 0 Å². The summed E-state index contributed by atoms with van der Waals surface area (Å²) in [6.45, 7) is 2.20. The van der Waals surface area contributed by atoms with Gasteiger partial charge in [0.1, 0.15) is 0 Å². The summed E-state index contributed by atoms with van der Waals surface area (Å²) in [6, 6.07) is 0. The summed E-state index contributed by atoms with van der Waals surface area (Å²) in [5, 5.41) is 8.00. The van der Waals surface area contributed by atoms with E-state index < -0.39 is 24.1 Å². The molecule has 1 atom stereocenters. The molecule has 1 unspecified atom stereocenters. The van der Waals surface area contributed by atoms with Crippen LogP contribution in [0.2, 0.25) is 0 Å². The van der Waals surface area contributed by atoms with Gasteiger partial charge in [0.15, 0.2) is 0 Å². The number of alkyl halides is 4. The maximum absolute atomic E-state index is 12.7. The van der Waals surface area contributed by atoms with Gasteiger partial charge in [-0.3, -0.25) is 0 Å². The molecule has 13 heavy (non-hydrogen) atoms. The van der Waals surface area contributed by atoms with Crippen LogP contribution in [-0.2, 0) is 9.53 Å². The van der Waals surface area contributed by atoms with E-state index in [0.29, 0.717) is 0 Å². The van der Waals surface area contributed by atoms with Crippen LogP contribution in [0, 0.1) is 0 Å². The number of carboxylic acid groups (broad SMARTS) is 1. The number of hydrogen-bond acceptors (Lipinski definition) is 2. The molecule has 0 amide bonds. The van der Waals surface area contributed by atoms with Crippen molar-refractivity contribution in [1.82, 2.24) is 0 Å². The van der Waals surface area contributed by atoms with Crippen molar-refractivity contribution in [2.24, 2.45) is 0 Å². The van der Waals surface area contributed by atoms with Gasteiger partial charge < -0.3 is 9.84 Å². The van der Waals surface area contributed by atoms with Crippen molar-refractivity contribution >= 4 is 5.97 Å². The number of halogens is 4. The lowest BCUT2D eigenvalue weighted by Gasteiger charge is -2.25. The van der Waals surface area contributed by atoms with E-state index >= 15 is 0 Å². The molecule has 0 aromatic carbocycles. The molecule has 78 valence electrons. The van der Waals surface area contributed by atoms with Crippen molar-refractivity contribution in [3.63, 3.8) is 0 Å². The summed E-state index contributed by atoms with van der Waals surface area (Å²) in [5.41, 5.74) is 0. The Balaban J connectivity index is 4.85. The van der Waals surface area contributed by atoms with Gasteiger partial charge >= 0.3 is 18.0 Å². The SMILES string of the molecule is CC(C)OC(F)(C(=O)O)C(F)(F)F. The Bertz CT molecular complexity index is 201. The molecule has 0 aliphatic carbocycles. The molecule has 0 rings (SSSR count). The monoisotopic (exact) mass is 204 g/mol. The Hall–Kier alpha value is -0.850. The minimum atomic E-state index is -5.58. The standard InChI is InChI=1S/C6H8F4O3/c1-3(2)13-5(7,4(11)12)6(8,9)10/h3H,1-2H3,(H,11,12). The van der Waals surface area contributed by atoms with Gasteiger partial charge in [0.05, 0.1) is 6.10 Å². The van der Waals surface area contributed by atoms with Gasteiger partial charge in [-0.2, -0.15) is 17.6 Å². The smallest absolute Gasteiger partial charge is 0.460 e. The first-order valence-electron chi connectivity index (χ1n) is 3.28. The number of ether oxygens (including phenoxy) is 1. The van der Waals surface area contributed by atoms with Gasteiger partial charge in [-0.15, -0.1) is 0 Å². The average Bonchev–Trinajstić information content (AvgIpc) is 1.82. The third-order valence-electron chi connectivity index (χ3n) is 1.04. The van der Waals surface area contributed by atoms with E-state index in [1.807, 2.05) is 0 Å². The highest BCUT2D eigenvalue weighted by Gasteiger charge is 2.64. The summed E-state index contributed by atoms with van der Waals surface area (Å²) in [5.74, 6) is -7.32. The Morgan fingerprint density at radius 2 is 1.69 bits per heavy atom. The molecule has 0 aliphatic rings. The van der Waals surface area contributed by atoms with Crippen LogP contribution in [-0.4, -0.2) is 29.2 Å². The lowest BCUT2D eigenvalue weighted by atomic mass is 10.3. The van der Waals surface area contributed by atoms with Crippen molar-refractivity contribution in [1.29, 1.82) is 0 Å². The predicted octanol–water partition coefficient (Wildman–Crippen LogP) is 1.72. The van der Waals surface area contributed by atoms with Gasteiger partial charge in [0.25, 0.3) is 0 Å². The fraction of sp³-hybridized carbons (Fsp3) is 0.833. The van der Waals surface area contributed by atoms with E-state index in [-0.39, 0.29) is 0 Å². The fourth-order valence-corrected chi connectivity index (χ4v) is 0.563. The predicted molar refractivity (Wildman–Crippen MR) is 33.8 cm³/mol. The molecular formula is C6H8F4O3. The minimum absolute atomic E-state index is 1.10. The largest absolute Gasteiger partial charge is 0.477 e. The van der Waals surface area contributed by atoms with Crippen LogP contribution in [0.4, 0.5) is 17.6 Å². The summed E-state index contributed by atoms with van der Waals surface area (Å²) < 4.78 is 51.9. The Labute approximate surface area is 71.3 Å². The van der Waals surface area contributed by atoms with E-state index in [9.17, 15) is 22.4 Å². The van der Waals surface area contributed by atoms with E-state index in [2.05, 4.69) is 4.74 Å². The van der Waals surface area contributed by atoms with Crippen molar-refractivity contribution in [3.05, 3.63) is 0 Å². The van der Waals surface area contributed by atoms with Gasteiger partial charge in [-0.1, -0.05) is 0 Å². The average molecular weight is 204 g/mol. The second-order valence-electron chi connectivity index (χ2n) is 2.56. The van der Waals surface area contributed by atoms with Crippen molar-refractivity contribution in [2.75, 3.05) is 0 Å². The molecular weight excluding hydrogens is 196 g/mol. The molecule has 1 N–H and O–H groups in total. The van der Waals surface area contributed by atoms with Crippen molar-refractivity contribution in [3.8, 4) is 0 Å². The molecule has 0 saturated carbocycles. The number of aliphatic carboxylic acids is 1. The van der Waals surface area contributed by atoms with E-state index in [4.69, 9.17) is 5.11 Å². The third kappa shape index (κ3) is 2.55. The van der Waals surface area contributed by atoms with Gasteiger partial charge in [0, 0.05) is 0 Å². The highest BCUT2D eigenvalue weighted by Crippen LogP contribution is 2.36. The first-order valence-corrected chi connectivity index (χ1v) is 3.28. The lowest BCUT2D eigenvalue weighted by molar-refractivity contribution is -0.330. The lowest BCUT2D eigenvalue weighted by Crippen LogP contribution is -2.51.